The van der Waals surface area contributed by atoms with Crippen molar-refractivity contribution in [2.24, 2.45) is 0 Å². The molecule has 148 valence electrons. The van der Waals surface area contributed by atoms with Crippen molar-refractivity contribution in [3.05, 3.63) is 47.0 Å². The van der Waals surface area contributed by atoms with Gasteiger partial charge in [-0.15, -0.1) is 11.4 Å². The molecule has 2 aromatic rings. The molecule has 0 radical (unpaired) electrons. The summed E-state index contributed by atoms with van der Waals surface area (Å²) in [5, 5.41) is 0. The third-order valence-corrected chi connectivity index (χ3v) is 4.36. The van der Waals surface area contributed by atoms with Gasteiger partial charge in [0.1, 0.15) is 0 Å². The van der Waals surface area contributed by atoms with Gasteiger partial charge in [0.05, 0.1) is 0 Å². The zero-order valence-electron chi connectivity index (χ0n) is 19.9. The summed E-state index contributed by atoms with van der Waals surface area (Å²) in [6, 6.07) is 10.7. The fourth-order valence-corrected chi connectivity index (χ4v) is 2.32. The third-order valence-electron chi connectivity index (χ3n) is 4.36. The van der Waals surface area contributed by atoms with Crippen molar-refractivity contribution >= 4 is 45.5 Å². The molecule has 2 aromatic heterocycles. The van der Waals surface area contributed by atoms with Gasteiger partial charge in [0, 0.05) is 0 Å². The second-order valence-electron chi connectivity index (χ2n) is 11.4. The predicted octanol–water partition coefficient (Wildman–Crippen LogP) is 6.44. The first-order valence-corrected chi connectivity index (χ1v) is 9.65. The van der Waals surface area contributed by atoms with E-state index in [1.54, 1.807) is 0 Å². The van der Waals surface area contributed by atoms with E-state index in [1.807, 2.05) is 0 Å². The van der Waals surface area contributed by atoms with E-state index in [0.717, 1.165) is 0 Å². The van der Waals surface area contributed by atoms with Crippen LogP contribution in [-0.2, 0) is 21.7 Å². The average molecular weight is 444 g/mol. The second kappa shape index (κ2) is 9.24. The zero-order valence-corrected chi connectivity index (χ0v) is 23.3. The van der Waals surface area contributed by atoms with Gasteiger partial charge in [0.2, 0.25) is 0 Å². The van der Waals surface area contributed by atoms with E-state index in [9.17, 15) is 0 Å². The molecule has 0 fully saturated rings. The van der Waals surface area contributed by atoms with E-state index in [2.05, 4.69) is 117 Å². The van der Waals surface area contributed by atoms with Crippen molar-refractivity contribution in [2.75, 3.05) is 0 Å². The Bertz CT molecular complexity index is 573. The van der Waals surface area contributed by atoms with Crippen molar-refractivity contribution < 1.29 is 0 Å². The van der Waals surface area contributed by atoms with Gasteiger partial charge in [0.25, 0.3) is 0 Å². The van der Waals surface area contributed by atoms with Crippen LogP contribution >= 0.6 is 0 Å². The number of hydrogen-bond donors (Lipinski definition) is 2. The number of nitrogens with one attached hydrogen (secondary N) is 2. The summed E-state index contributed by atoms with van der Waals surface area (Å²) in [5.41, 5.74) is 5.64. The van der Waals surface area contributed by atoms with Crippen LogP contribution in [0.4, 0.5) is 0 Å². The summed E-state index contributed by atoms with van der Waals surface area (Å²) in [7, 11) is 0. The molecule has 2 heterocycles. The number of H-pyrrole nitrogens is 2. The molecule has 0 aromatic carbocycles. The molecule has 2 rings (SSSR count). The monoisotopic (exact) mass is 444 g/mol. The Hall–Kier alpha value is 0.0405. The summed E-state index contributed by atoms with van der Waals surface area (Å²) >= 11 is 0. The Morgan fingerprint density at radius 2 is 0.778 bits per heavy atom. The first-order chi connectivity index (χ1) is 11.4. The zero-order chi connectivity index (χ0) is 20.6. The van der Waals surface area contributed by atoms with E-state index >= 15 is 0 Å². The van der Waals surface area contributed by atoms with E-state index in [4.69, 9.17) is 0 Å². The molecule has 27 heavy (non-hydrogen) atoms. The van der Waals surface area contributed by atoms with Gasteiger partial charge in [-0.3, -0.25) is 0 Å². The summed E-state index contributed by atoms with van der Waals surface area (Å²) in [6.07, 6.45) is 0. The molecular formula is C24H40N2Sr. The van der Waals surface area contributed by atoms with E-state index in [-0.39, 0.29) is 67.1 Å². The quantitative estimate of drug-likeness (QED) is 0.346. The minimum absolute atomic E-state index is 0. The minimum Gasteiger partial charge on any atom is -0.454 e. The van der Waals surface area contributed by atoms with Crippen LogP contribution in [0.5, 0.6) is 0 Å². The standard InChI is InChI=1S/2C12H20N.Sr/c2*1-11(2,3)9-7-8-10(13-9)12(4,5)6;/h2*7,13H,1-6H3;/q2*-1;+2. The normalized spacial score (nSPS) is 12.9. The Balaban J connectivity index is 0.000000483. The van der Waals surface area contributed by atoms with Crippen LogP contribution in [0.3, 0.4) is 0 Å². The Labute approximate surface area is 205 Å². The van der Waals surface area contributed by atoms with Crippen LogP contribution in [0, 0.1) is 12.1 Å². The molecule has 0 spiro atoms. The first-order valence-electron chi connectivity index (χ1n) is 9.65. The maximum atomic E-state index is 3.44. The van der Waals surface area contributed by atoms with Crippen molar-refractivity contribution in [1.29, 1.82) is 0 Å². The number of aromatic amines is 2. The maximum Gasteiger partial charge on any atom is 2.00 e. The van der Waals surface area contributed by atoms with Gasteiger partial charge >= 0.3 is 45.5 Å². The molecule has 2 nitrogen and oxygen atoms in total. The SMILES string of the molecule is CC(C)(C)c1[c-]cc(C(C)(C)C)[nH]1.CC(C)(C)c1[c-]cc(C(C)(C)C)[nH]1.[Sr+2]. The summed E-state index contributed by atoms with van der Waals surface area (Å²) < 4.78 is 0. The summed E-state index contributed by atoms with van der Waals surface area (Å²) in [4.78, 5) is 6.88. The van der Waals surface area contributed by atoms with Crippen molar-refractivity contribution in [1.82, 2.24) is 9.97 Å². The molecule has 0 saturated carbocycles. The number of hydrogen-bond acceptors (Lipinski definition) is 0. The second-order valence-corrected chi connectivity index (χ2v) is 11.4. The minimum atomic E-state index is 0. The topological polar surface area (TPSA) is 31.6 Å². The smallest absolute Gasteiger partial charge is 0.454 e. The van der Waals surface area contributed by atoms with Crippen LogP contribution in [0.15, 0.2) is 12.1 Å². The molecular weight excluding hydrogens is 404 g/mol. The molecule has 0 atom stereocenters. The fraction of sp³-hybridized carbons (Fsp3) is 0.667. The average Bonchev–Trinajstić information content (AvgIpc) is 3.06. The van der Waals surface area contributed by atoms with Crippen LogP contribution in [0.2, 0.25) is 0 Å². The molecule has 0 aliphatic rings. The van der Waals surface area contributed by atoms with Crippen LogP contribution in [-0.4, -0.2) is 55.4 Å². The van der Waals surface area contributed by atoms with Gasteiger partial charge < -0.3 is 9.97 Å². The van der Waals surface area contributed by atoms with E-state index < -0.39 is 0 Å². The Kier molecular flexibility index (Phi) is 9.25. The molecule has 0 amide bonds. The molecule has 0 saturated heterocycles. The largest absolute Gasteiger partial charge is 2.00 e. The van der Waals surface area contributed by atoms with Gasteiger partial charge in [0.15, 0.2) is 0 Å². The maximum absolute atomic E-state index is 3.44. The summed E-state index contributed by atoms with van der Waals surface area (Å²) in [5.74, 6) is 0. The number of rotatable bonds is 0. The van der Waals surface area contributed by atoms with Crippen molar-refractivity contribution in [3.63, 3.8) is 0 Å². The van der Waals surface area contributed by atoms with Gasteiger partial charge in [-0.2, -0.15) is 0 Å². The van der Waals surface area contributed by atoms with Crippen LogP contribution < -0.4 is 0 Å². The Morgan fingerprint density at radius 3 is 0.889 bits per heavy atom. The van der Waals surface area contributed by atoms with Gasteiger partial charge in [-0.25, -0.2) is 24.3 Å². The van der Waals surface area contributed by atoms with E-state index in [1.165, 1.54) is 22.8 Å². The van der Waals surface area contributed by atoms with Gasteiger partial charge in [-0.05, 0) is 10.8 Å². The van der Waals surface area contributed by atoms with E-state index in [0.29, 0.717) is 0 Å². The van der Waals surface area contributed by atoms with Crippen molar-refractivity contribution in [2.45, 2.75) is 105 Å². The predicted molar refractivity (Wildman–Crippen MR) is 120 cm³/mol. The van der Waals surface area contributed by atoms with Crippen LogP contribution in [0.25, 0.3) is 0 Å². The Morgan fingerprint density at radius 1 is 0.519 bits per heavy atom. The third kappa shape index (κ3) is 8.52. The molecule has 0 bridgehead atoms. The molecule has 0 unspecified atom stereocenters. The van der Waals surface area contributed by atoms with Crippen molar-refractivity contribution in [3.8, 4) is 0 Å². The first kappa shape index (κ1) is 27.0. The molecule has 3 heteroatoms. The summed E-state index contributed by atoms with van der Waals surface area (Å²) in [6.45, 7) is 26.4. The fourth-order valence-electron chi connectivity index (χ4n) is 2.32. The molecule has 0 aliphatic carbocycles. The number of aromatic nitrogens is 2. The van der Waals surface area contributed by atoms with Gasteiger partial charge in [-0.1, -0.05) is 105 Å². The van der Waals surface area contributed by atoms with Crippen LogP contribution in [0.1, 0.15) is 106 Å². The molecule has 0 aliphatic heterocycles. The molecule has 2 N–H and O–H groups in total.